The van der Waals surface area contributed by atoms with Crippen LogP contribution in [-0.2, 0) is 4.74 Å². The molecule has 0 N–H and O–H groups in total. The van der Waals surface area contributed by atoms with Gasteiger partial charge in [0.25, 0.3) is 0 Å². The van der Waals surface area contributed by atoms with Gasteiger partial charge in [-0.3, -0.25) is 4.79 Å². The molecule has 30 heavy (non-hydrogen) atoms. The molecule has 4 nitrogen and oxygen atoms in total. The number of rotatable bonds is 5. The minimum Gasteiger partial charge on any atom is -0.454 e. The van der Waals surface area contributed by atoms with Crippen LogP contribution in [0.5, 0.6) is 0 Å². The summed E-state index contributed by atoms with van der Waals surface area (Å²) < 4.78 is 5.32. The van der Waals surface area contributed by atoms with E-state index in [1.807, 2.05) is 48.5 Å². The summed E-state index contributed by atoms with van der Waals surface area (Å²) in [4.78, 5) is 29.9. The first-order valence-electron chi connectivity index (χ1n) is 9.13. The Kier molecular flexibility index (Phi) is 5.79. The minimum atomic E-state index is -0.598. The second kappa shape index (κ2) is 8.66. The summed E-state index contributed by atoms with van der Waals surface area (Å²) in [5.74, 6) is -0.970. The van der Waals surface area contributed by atoms with Crippen LogP contribution in [0.1, 0.15) is 20.7 Å². The summed E-state index contributed by atoms with van der Waals surface area (Å²) in [6, 6.07) is 23.1. The van der Waals surface area contributed by atoms with Gasteiger partial charge in [0.15, 0.2) is 12.4 Å². The lowest BCUT2D eigenvalue weighted by molar-refractivity contribution is 0.0476. The first-order valence-corrected chi connectivity index (χ1v) is 9.89. The maximum Gasteiger partial charge on any atom is 0.339 e. The maximum absolute atomic E-state index is 12.8. The summed E-state index contributed by atoms with van der Waals surface area (Å²) >= 11 is 11.8. The van der Waals surface area contributed by atoms with Crippen LogP contribution in [-0.4, -0.2) is 23.3 Å². The molecule has 4 aromatic rings. The summed E-state index contributed by atoms with van der Waals surface area (Å²) in [6.45, 7) is -0.409. The second-order valence-corrected chi connectivity index (χ2v) is 7.38. The third kappa shape index (κ3) is 4.20. The van der Waals surface area contributed by atoms with Crippen LogP contribution in [0.3, 0.4) is 0 Å². The maximum atomic E-state index is 12.8. The van der Waals surface area contributed by atoms with Gasteiger partial charge in [0, 0.05) is 16.5 Å². The van der Waals surface area contributed by atoms with Crippen molar-refractivity contribution in [2.45, 2.75) is 0 Å². The lowest BCUT2D eigenvalue weighted by atomic mass is 10.0. The number of para-hydroxylation sites is 1. The van der Waals surface area contributed by atoms with E-state index in [-0.39, 0.29) is 10.8 Å². The minimum absolute atomic E-state index is 0.265. The molecule has 0 atom stereocenters. The van der Waals surface area contributed by atoms with Gasteiger partial charge >= 0.3 is 5.97 Å². The highest BCUT2D eigenvalue weighted by molar-refractivity contribution is 6.42. The topological polar surface area (TPSA) is 56.3 Å². The molecular weight excluding hydrogens is 421 g/mol. The molecule has 148 valence electrons. The van der Waals surface area contributed by atoms with E-state index in [2.05, 4.69) is 4.98 Å². The number of carbonyl (C=O) groups is 2. The van der Waals surface area contributed by atoms with Gasteiger partial charge in [0.2, 0.25) is 0 Å². The van der Waals surface area contributed by atoms with Crippen LogP contribution in [0, 0.1) is 0 Å². The summed E-state index contributed by atoms with van der Waals surface area (Å²) in [5.41, 5.74) is 2.87. The number of fused-ring (bicyclic) bond motifs is 1. The van der Waals surface area contributed by atoms with E-state index in [0.29, 0.717) is 32.7 Å². The van der Waals surface area contributed by atoms with Crippen molar-refractivity contribution >= 4 is 45.9 Å². The lowest BCUT2D eigenvalue weighted by Crippen LogP contribution is -2.15. The van der Waals surface area contributed by atoms with Crippen LogP contribution in [0.4, 0.5) is 0 Å². The zero-order valence-corrected chi connectivity index (χ0v) is 17.2. The first-order chi connectivity index (χ1) is 14.5. The largest absolute Gasteiger partial charge is 0.454 e. The fourth-order valence-electron chi connectivity index (χ4n) is 3.06. The molecule has 0 aliphatic carbocycles. The Hall–Kier alpha value is -3.21. The number of nitrogens with zero attached hydrogens (tertiary/aromatic N) is 1. The molecule has 0 amide bonds. The Morgan fingerprint density at radius 2 is 1.57 bits per heavy atom. The Labute approximate surface area is 183 Å². The summed E-state index contributed by atoms with van der Waals surface area (Å²) in [5, 5.41) is 1.27. The number of pyridine rings is 1. The van der Waals surface area contributed by atoms with E-state index in [1.165, 1.54) is 12.1 Å². The number of aromatic nitrogens is 1. The molecule has 0 saturated heterocycles. The standard InChI is InChI=1S/C24H15Cl2NO3/c25-19-11-10-16(12-20(19)26)23(28)14-30-24(29)18-13-22(15-6-2-1-3-7-15)27-21-9-5-4-8-17(18)21/h1-13H,14H2. The van der Waals surface area contributed by atoms with Crippen molar-refractivity contribution in [3.63, 3.8) is 0 Å². The number of benzene rings is 3. The van der Waals surface area contributed by atoms with E-state index >= 15 is 0 Å². The average molecular weight is 436 g/mol. The Morgan fingerprint density at radius 1 is 0.833 bits per heavy atom. The fraction of sp³-hybridized carbons (Fsp3) is 0.0417. The number of hydrogen-bond acceptors (Lipinski definition) is 4. The number of esters is 1. The highest BCUT2D eigenvalue weighted by Gasteiger charge is 2.17. The predicted octanol–water partition coefficient (Wildman–Crippen LogP) is 6.25. The zero-order valence-electron chi connectivity index (χ0n) is 15.6. The van der Waals surface area contributed by atoms with Crippen LogP contribution in [0.25, 0.3) is 22.2 Å². The van der Waals surface area contributed by atoms with Gasteiger partial charge in [0.05, 0.1) is 26.8 Å². The van der Waals surface area contributed by atoms with E-state index in [1.54, 1.807) is 18.2 Å². The summed E-state index contributed by atoms with van der Waals surface area (Å²) in [7, 11) is 0. The average Bonchev–Trinajstić information content (AvgIpc) is 2.78. The van der Waals surface area contributed by atoms with Crippen LogP contribution >= 0.6 is 23.2 Å². The Morgan fingerprint density at radius 3 is 2.33 bits per heavy atom. The van der Waals surface area contributed by atoms with Crippen molar-refractivity contribution in [1.82, 2.24) is 4.98 Å². The van der Waals surface area contributed by atoms with Crippen molar-refractivity contribution < 1.29 is 14.3 Å². The van der Waals surface area contributed by atoms with Gasteiger partial charge in [-0.2, -0.15) is 0 Å². The van der Waals surface area contributed by atoms with Gasteiger partial charge in [-0.25, -0.2) is 9.78 Å². The van der Waals surface area contributed by atoms with Gasteiger partial charge in [-0.1, -0.05) is 71.7 Å². The van der Waals surface area contributed by atoms with Crippen molar-refractivity contribution in [2.24, 2.45) is 0 Å². The van der Waals surface area contributed by atoms with Crippen LogP contribution in [0.2, 0.25) is 10.0 Å². The quantitative estimate of drug-likeness (QED) is 0.274. The lowest BCUT2D eigenvalue weighted by Gasteiger charge is -2.10. The fourth-order valence-corrected chi connectivity index (χ4v) is 3.36. The first kappa shape index (κ1) is 20.1. The Balaban J connectivity index is 1.62. The molecule has 0 saturated carbocycles. The van der Waals surface area contributed by atoms with Gasteiger partial charge < -0.3 is 4.74 Å². The highest BCUT2D eigenvalue weighted by Crippen LogP contribution is 2.26. The molecule has 0 unspecified atom stereocenters. The third-order valence-corrected chi connectivity index (χ3v) is 5.32. The van der Waals surface area contributed by atoms with E-state index in [4.69, 9.17) is 27.9 Å². The molecule has 0 aliphatic heterocycles. The van der Waals surface area contributed by atoms with E-state index < -0.39 is 12.6 Å². The number of Topliss-reactive ketones (excluding diaryl/α,β-unsaturated/α-hetero) is 1. The molecule has 0 aliphatic rings. The number of halogens is 2. The number of hydrogen-bond donors (Lipinski definition) is 0. The third-order valence-electron chi connectivity index (χ3n) is 4.58. The van der Waals surface area contributed by atoms with E-state index in [0.717, 1.165) is 5.56 Å². The molecule has 6 heteroatoms. The summed E-state index contributed by atoms with van der Waals surface area (Å²) in [6.07, 6.45) is 0. The normalized spacial score (nSPS) is 10.7. The molecule has 4 rings (SSSR count). The molecule has 1 aromatic heterocycles. The SMILES string of the molecule is O=C(COC(=O)c1cc(-c2ccccc2)nc2ccccc12)c1ccc(Cl)c(Cl)c1. The smallest absolute Gasteiger partial charge is 0.339 e. The molecule has 3 aromatic carbocycles. The molecule has 1 heterocycles. The van der Waals surface area contributed by atoms with E-state index in [9.17, 15) is 9.59 Å². The monoisotopic (exact) mass is 435 g/mol. The van der Waals surface area contributed by atoms with Gasteiger partial charge in [-0.15, -0.1) is 0 Å². The van der Waals surface area contributed by atoms with Crippen molar-refractivity contribution in [3.8, 4) is 11.3 Å². The van der Waals surface area contributed by atoms with Crippen molar-refractivity contribution in [3.05, 3.63) is 100 Å². The highest BCUT2D eigenvalue weighted by atomic mass is 35.5. The van der Waals surface area contributed by atoms with Crippen LogP contribution < -0.4 is 0 Å². The molecule has 0 spiro atoms. The predicted molar refractivity (Wildman–Crippen MR) is 118 cm³/mol. The number of ketones is 1. The van der Waals surface area contributed by atoms with Crippen LogP contribution in [0.15, 0.2) is 78.9 Å². The molecule has 0 radical (unpaired) electrons. The second-order valence-electron chi connectivity index (χ2n) is 6.57. The number of carbonyl (C=O) groups excluding carboxylic acids is 2. The van der Waals surface area contributed by atoms with Crippen molar-refractivity contribution in [2.75, 3.05) is 6.61 Å². The molecular formula is C24H15Cl2NO3. The number of ether oxygens (including phenoxy) is 1. The zero-order chi connectivity index (χ0) is 21.1. The van der Waals surface area contributed by atoms with Gasteiger partial charge in [-0.05, 0) is 30.3 Å². The molecule has 0 fully saturated rings. The van der Waals surface area contributed by atoms with Crippen molar-refractivity contribution in [1.29, 1.82) is 0 Å². The van der Waals surface area contributed by atoms with Gasteiger partial charge in [0.1, 0.15) is 0 Å². The Bertz CT molecular complexity index is 1260. The molecule has 0 bridgehead atoms.